The van der Waals surface area contributed by atoms with Crippen molar-refractivity contribution >= 4 is 11.9 Å². The summed E-state index contributed by atoms with van der Waals surface area (Å²) < 4.78 is 0. The van der Waals surface area contributed by atoms with Gasteiger partial charge in [0.25, 0.3) is 0 Å². The summed E-state index contributed by atoms with van der Waals surface area (Å²) in [6.45, 7) is 9.27. The maximum Gasteiger partial charge on any atom is 0.320 e. The van der Waals surface area contributed by atoms with Crippen LogP contribution >= 0.6 is 0 Å². The number of carboxylic acid groups (broad SMARTS) is 2. The Hall–Kier alpha value is -1.18. The number of hydrogen-bond acceptors (Lipinski definition) is 5. The molecule has 0 saturated carbocycles. The molecule has 1 atom stereocenters. The van der Waals surface area contributed by atoms with Crippen LogP contribution in [-0.4, -0.2) is 72.4 Å². The van der Waals surface area contributed by atoms with E-state index < -0.39 is 18.0 Å². The second kappa shape index (κ2) is 12.4. The molecule has 0 spiro atoms. The third kappa shape index (κ3) is 11.5. The van der Waals surface area contributed by atoms with Gasteiger partial charge in [-0.2, -0.15) is 0 Å². The van der Waals surface area contributed by atoms with Crippen LogP contribution < -0.4 is 10.6 Å². The Morgan fingerprint density at radius 3 is 2.23 bits per heavy atom. The molecule has 0 aromatic carbocycles. The van der Waals surface area contributed by atoms with Crippen molar-refractivity contribution in [1.29, 1.82) is 0 Å². The summed E-state index contributed by atoms with van der Waals surface area (Å²) in [4.78, 5) is 23.8. The van der Waals surface area contributed by atoms with E-state index in [1.807, 2.05) is 6.92 Å². The minimum absolute atomic E-state index is 0.0309. The van der Waals surface area contributed by atoms with Crippen LogP contribution in [0.4, 0.5) is 0 Å². The van der Waals surface area contributed by atoms with Crippen LogP contribution in [0.3, 0.4) is 0 Å². The van der Waals surface area contributed by atoms with Crippen LogP contribution in [0.1, 0.15) is 33.6 Å². The molecule has 0 aromatic heterocycles. The molecule has 0 bridgehead atoms. The number of carboxylic acids is 2. The third-order valence-corrected chi connectivity index (χ3v) is 3.36. The van der Waals surface area contributed by atoms with Crippen molar-refractivity contribution in [3.63, 3.8) is 0 Å². The number of aliphatic carboxylic acids is 2. The summed E-state index contributed by atoms with van der Waals surface area (Å²) in [5.41, 5.74) is 0. The quantitative estimate of drug-likeness (QED) is 0.345. The van der Waals surface area contributed by atoms with Gasteiger partial charge in [-0.25, -0.2) is 0 Å². The smallest absolute Gasteiger partial charge is 0.320 e. The van der Waals surface area contributed by atoms with Gasteiger partial charge in [-0.05, 0) is 25.3 Å². The standard InChI is InChI=1S/C15H31N3O4/c1-4-16-7-9-18(11-14(19)20)10-8-17-13(15(21)22)6-5-12(2)3/h12-13,16-17H,4-11H2,1-3H3,(H,19,20)(H,21,22). The lowest BCUT2D eigenvalue weighted by Gasteiger charge is -2.22. The summed E-state index contributed by atoms with van der Waals surface area (Å²) in [6.07, 6.45) is 1.44. The molecule has 0 aromatic rings. The van der Waals surface area contributed by atoms with Crippen molar-refractivity contribution < 1.29 is 19.8 Å². The number of likely N-dealkylation sites (N-methyl/N-ethyl adjacent to an activating group) is 1. The number of hydrogen-bond donors (Lipinski definition) is 4. The molecule has 7 nitrogen and oxygen atoms in total. The molecular formula is C15H31N3O4. The van der Waals surface area contributed by atoms with Crippen LogP contribution in [-0.2, 0) is 9.59 Å². The fraction of sp³-hybridized carbons (Fsp3) is 0.867. The zero-order chi connectivity index (χ0) is 17.0. The van der Waals surface area contributed by atoms with Gasteiger partial charge < -0.3 is 20.8 Å². The molecule has 4 N–H and O–H groups in total. The minimum Gasteiger partial charge on any atom is -0.480 e. The number of nitrogens with one attached hydrogen (secondary N) is 2. The fourth-order valence-electron chi connectivity index (χ4n) is 2.08. The molecule has 0 rings (SSSR count). The van der Waals surface area contributed by atoms with Gasteiger partial charge in [-0.1, -0.05) is 20.8 Å². The van der Waals surface area contributed by atoms with E-state index in [0.29, 0.717) is 32.0 Å². The highest BCUT2D eigenvalue weighted by Crippen LogP contribution is 2.07. The SMILES string of the molecule is CCNCCN(CCNC(CCC(C)C)C(=O)O)CC(=O)O. The van der Waals surface area contributed by atoms with Crippen molar-refractivity contribution in [1.82, 2.24) is 15.5 Å². The van der Waals surface area contributed by atoms with Crippen molar-refractivity contribution in [3.8, 4) is 0 Å². The van der Waals surface area contributed by atoms with Crippen LogP contribution in [0, 0.1) is 5.92 Å². The summed E-state index contributed by atoms with van der Waals surface area (Å²) >= 11 is 0. The van der Waals surface area contributed by atoms with Crippen LogP contribution in [0.2, 0.25) is 0 Å². The van der Waals surface area contributed by atoms with E-state index in [9.17, 15) is 14.7 Å². The van der Waals surface area contributed by atoms with Crippen LogP contribution in [0.25, 0.3) is 0 Å². The van der Waals surface area contributed by atoms with Gasteiger partial charge in [0.1, 0.15) is 6.04 Å². The lowest BCUT2D eigenvalue weighted by Crippen LogP contribution is -2.44. The van der Waals surface area contributed by atoms with Crippen LogP contribution in [0.15, 0.2) is 0 Å². The normalized spacial score (nSPS) is 12.8. The molecule has 0 amide bonds. The minimum atomic E-state index is -0.869. The Morgan fingerprint density at radius 2 is 1.73 bits per heavy atom. The highest BCUT2D eigenvalue weighted by molar-refractivity contribution is 5.73. The average molecular weight is 317 g/mol. The lowest BCUT2D eigenvalue weighted by molar-refractivity contribution is -0.140. The predicted octanol–water partition coefficient (Wildman–Crippen LogP) is 0.462. The molecule has 0 fully saturated rings. The Kier molecular flexibility index (Phi) is 11.7. The molecule has 0 aliphatic carbocycles. The summed E-state index contributed by atoms with van der Waals surface area (Å²) in [7, 11) is 0. The largest absolute Gasteiger partial charge is 0.480 e. The molecular weight excluding hydrogens is 286 g/mol. The highest BCUT2D eigenvalue weighted by atomic mass is 16.4. The number of nitrogens with zero attached hydrogens (tertiary/aromatic N) is 1. The predicted molar refractivity (Wildman–Crippen MR) is 86.1 cm³/mol. The van der Waals surface area contributed by atoms with E-state index in [1.165, 1.54) is 0 Å². The Bertz CT molecular complexity index is 324. The maximum absolute atomic E-state index is 11.2. The van der Waals surface area contributed by atoms with E-state index in [-0.39, 0.29) is 6.54 Å². The van der Waals surface area contributed by atoms with Crippen LogP contribution in [0.5, 0.6) is 0 Å². The van der Waals surface area contributed by atoms with Crippen molar-refractivity contribution in [3.05, 3.63) is 0 Å². The molecule has 1 unspecified atom stereocenters. The van der Waals surface area contributed by atoms with Crippen molar-refractivity contribution in [2.75, 3.05) is 39.3 Å². The average Bonchev–Trinajstić information content (AvgIpc) is 2.41. The molecule has 22 heavy (non-hydrogen) atoms. The fourth-order valence-corrected chi connectivity index (χ4v) is 2.08. The monoisotopic (exact) mass is 317 g/mol. The number of rotatable bonds is 14. The first-order valence-electron chi connectivity index (χ1n) is 7.97. The topological polar surface area (TPSA) is 102 Å². The Balaban J connectivity index is 4.18. The Labute approximate surface area is 133 Å². The second-order valence-corrected chi connectivity index (χ2v) is 5.84. The van der Waals surface area contributed by atoms with E-state index in [0.717, 1.165) is 19.5 Å². The Morgan fingerprint density at radius 1 is 1.09 bits per heavy atom. The van der Waals surface area contributed by atoms with Gasteiger partial charge in [0.2, 0.25) is 0 Å². The molecule has 0 aliphatic rings. The van der Waals surface area contributed by atoms with Gasteiger partial charge in [0, 0.05) is 26.2 Å². The highest BCUT2D eigenvalue weighted by Gasteiger charge is 2.17. The number of carbonyl (C=O) groups is 2. The molecule has 0 saturated heterocycles. The van der Waals surface area contributed by atoms with Crippen molar-refractivity contribution in [2.45, 2.75) is 39.7 Å². The molecule has 7 heteroatoms. The zero-order valence-electron chi connectivity index (χ0n) is 14.0. The maximum atomic E-state index is 11.2. The van der Waals surface area contributed by atoms with E-state index in [4.69, 9.17) is 5.11 Å². The zero-order valence-corrected chi connectivity index (χ0v) is 14.0. The second-order valence-electron chi connectivity index (χ2n) is 5.84. The third-order valence-electron chi connectivity index (χ3n) is 3.36. The van der Waals surface area contributed by atoms with E-state index in [2.05, 4.69) is 24.5 Å². The lowest BCUT2D eigenvalue weighted by atomic mass is 10.0. The van der Waals surface area contributed by atoms with Gasteiger partial charge >= 0.3 is 11.9 Å². The van der Waals surface area contributed by atoms with Gasteiger partial charge in [-0.3, -0.25) is 14.5 Å². The summed E-state index contributed by atoms with van der Waals surface area (Å²) in [6, 6.07) is -0.567. The molecule has 130 valence electrons. The summed E-state index contributed by atoms with van der Waals surface area (Å²) in [5, 5.41) is 24.3. The van der Waals surface area contributed by atoms with Gasteiger partial charge in [-0.15, -0.1) is 0 Å². The first-order chi connectivity index (χ1) is 10.4. The van der Waals surface area contributed by atoms with E-state index in [1.54, 1.807) is 4.90 Å². The van der Waals surface area contributed by atoms with Gasteiger partial charge in [0.15, 0.2) is 0 Å². The first-order valence-corrected chi connectivity index (χ1v) is 7.97. The van der Waals surface area contributed by atoms with Gasteiger partial charge in [0.05, 0.1) is 6.54 Å². The van der Waals surface area contributed by atoms with E-state index >= 15 is 0 Å². The molecule has 0 heterocycles. The molecule has 0 radical (unpaired) electrons. The summed E-state index contributed by atoms with van der Waals surface area (Å²) in [5.74, 6) is -1.25. The van der Waals surface area contributed by atoms with Crippen molar-refractivity contribution in [2.24, 2.45) is 5.92 Å². The first kappa shape index (κ1) is 20.8. The molecule has 0 aliphatic heterocycles.